The zero-order valence-electron chi connectivity index (χ0n) is 12.6. The second kappa shape index (κ2) is 8.11. The van der Waals surface area contributed by atoms with Crippen LogP contribution in [-0.4, -0.2) is 18.8 Å². The molecule has 0 fully saturated rings. The van der Waals surface area contributed by atoms with Gasteiger partial charge in [-0.1, -0.05) is 29.8 Å². The predicted molar refractivity (Wildman–Crippen MR) is 94.0 cm³/mol. The number of nitrogens with one attached hydrogen (secondary N) is 1. The highest BCUT2D eigenvalue weighted by Crippen LogP contribution is 2.21. The van der Waals surface area contributed by atoms with Gasteiger partial charge < -0.3 is 10.1 Å². The highest BCUT2D eigenvalue weighted by Gasteiger charge is 2.05. The molecule has 0 radical (unpaired) electrons. The minimum Gasteiger partial charge on any atom is -0.497 e. The van der Waals surface area contributed by atoms with Gasteiger partial charge in [-0.3, -0.25) is 4.79 Å². The second-order valence-corrected chi connectivity index (χ2v) is 6.25. The first-order valence-corrected chi connectivity index (χ1v) is 8.38. The summed E-state index contributed by atoms with van der Waals surface area (Å²) in [5, 5.41) is 3.51. The first kappa shape index (κ1) is 16.7. The van der Waals surface area contributed by atoms with Crippen molar-refractivity contribution in [2.45, 2.75) is 12.7 Å². The summed E-state index contributed by atoms with van der Waals surface area (Å²) in [6.45, 7) is 1.93. The summed E-state index contributed by atoms with van der Waals surface area (Å²) < 4.78 is 5.11. The predicted octanol–water partition coefficient (Wildman–Crippen LogP) is 4.53. The molecular formula is C17H18ClNO2S. The van der Waals surface area contributed by atoms with Gasteiger partial charge in [-0.25, -0.2) is 0 Å². The van der Waals surface area contributed by atoms with E-state index in [1.165, 1.54) is 0 Å². The van der Waals surface area contributed by atoms with Gasteiger partial charge >= 0.3 is 0 Å². The van der Waals surface area contributed by atoms with Crippen molar-refractivity contribution >= 4 is 35.0 Å². The molecule has 1 amide bonds. The van der Waals surface area contributed by atoms with Gasteiger partial charge in [0.1, 0.15) is 5.75 Å². The number of ether oxygens (including phenoxy) is 1. The Bertz CT molecular complexity index is 644. The highest BCUT2D eigenvalue weighted by atomic mass is 35.5. The quantitative estimate of drug-likeness (QED) is 0.843. The molecule has 2 aromatic rings. The Hall–Kier alpha value is -1.65. The SMILES string of the molecule is COc1ccc(CSCC(=O)Nc2ccc(C)c(Cl)c2)cc1. The minimum absolute atomic E-state index is 0.0292. The summed E-state index contributed by atoms with van der Waals surface area (Å²) >= 11 is 7.61. The second-order valence-electron chi connectivity index (χ2n) is 4.85. The lowest BCUT2D eigenvalue weighted by Crippen LogP contribution is -2.14. The summed E-state index contributed by atoms with van der Waals surface area (Å²) in [6, 6.07) is 13.4. The van der Waals surface area contributed by atoms with Crippen molar-refractivity contribution in [3.8, 4) is 5.75 Å². The Balaban J connectivity index is 1.78. The molecule has 0 aliphatic carbocycles. The third-order valence-corrected chi connectivity index (χ3v) is 4.53. The van der Waals surface area contributed by atoms with Crippen LogP contribution in [0.25, 0.3) is 0 Å². The van der Waals surface area contributed by atoms with E-state index in [0.29, 0.717) is 10.8 Å². The van der Waals surface area contributed by atoms with E-state index in [2.05, 4.69) is 5.32 Å². The Morgan fingerprint density at radius 2 is 1.95 bits per heavy atom. The van der Waals surface area contributed by atoms with Crippen molar-refractivity contribution in [2.24, 2.45) is 0 Å². The average molecular weight is 336 g/mol. The van der Waals surface area contributed by atoms with E-state index < -0.39 is 0 Å². The fourth-order valence-electron chi connectivity index (χ4n) is 1.85. The van der Waals surface area contributed by atoms with Crippen molar-refractivity contribution in [3.05, 3.63) is 58.6 Å². The first-order chi connectivity index (χ1) is 10.6. The van der Waals surface area contributed by atoms with Crippen LogP contribution in [0.4, 0.5) is 5.69 Å². The molecule has 2 rings (SSSR count). The molecule has 0 saturated heterocycles. The van der Waals surface area contributed by atoms with E-state index in [-0.39, 0.29) is 5.91 Å². The number of methoxy groups -OCH3 is 1. The summed E-state index contributed by atoms with van der Waals surface area (Å²) in [5.74, 6) is 1.99. The lowest BCUT2D eigenvalue weighted by molar-refractivity contribution is -0.113. The highest BCUT2D eigenvalue weighted by molar-refractivity contribution is 7.99. The maximum absolute atomic E-state index is 11.9. The third kappa shape index (κ3) is 4.97. The molecular weight excluding hydrogens is 318 g/mol. The molecule has 0 heterocycles. The molecule has 3 nitrogen and oxygen atoms in total. The summed E-state index contributed by atoms with van der Waals surface area (Å²) in [4.78, 5) is 11.9. The van der Waals surface area contributed by atoms with Gasteiger partial charge in [0.25, 0.3) is 0 Å². The molecule has 0 aromatic heterocycles. The minimum atomic E-state index is -0.0292. The van der Waals surface area contributed by atoms with Gasteiger partial charge in [-0.05, 0) is 42.3 Å². The van der Waals surface area contributed by atoms with Gasteiger partial charge in [0.05, 0.1) is 12.9 Å². The van der Waals surface area contributed by atoms with Crippen molar-refractivity contribution in [1.29, 1.82) is 0 Å². The number of carbonyl (C=O) groups excluding carboxylic acids is 1. The van der Waals surface area contributed by atoms with Gasteiger partial charge in [0.15, 0.2) is 0 Å². The van der Waals surface area contributed by atoms with Crippen molar-refractivity contribution < 1.29 is 9.53 Å². The number of hydrogen-bond acceptors (Lipinski definition) is 3. The normalized spacial score (nSPS) is 10.3. The number of aryl methyl sites for hydroxylation is 1. The number of rotatable bonds is 6. The molecule has 2 aromatic carbocycles. The number of hydrogen-bond donors (Lipinski definition) is 1. The number of benzene rings is 2. The van der Waals surface area contributed by atoms with E-state index in [4.69, 9.17) is 16.3 Å². The Kier molecular flexibility index (Phi) is 6.16. The smallest absolute Gasteiger partial charge is 0.234 e. The lowest BCUT2D eigenvalue weighted by atomic mass is 10.2. The van der Waals surface area contributed by atoms with E-state index >= 15 is 0 Å². The van der Waals surface area contributed by atoms with Crippen LogP contribution in [-0.2, 0) is 10.5 Å². The van der Waals surface area contributed by atoms with Crippen LogP contribution in [0.3, 0.4) is 0 Å². The van der Waals surface area contributed by atoms with Crippen LogP contribution < -0.4 is 10.1 Å². The summed E-state index contributed by atoms with van der Waals surface area (Å²) in [7, 11) is 1.64. The van der Waals surface area contributed by atoms with Crippen molar-refractivity contribution in [3.63, 3.8) is 0 Å². The first-order valence-electron chi connectivity index (χ1n) is 6.85. The third-order valence-electron chi connectivity index (χ3n) is 3.12. The molecule has 0 unspecified atom stereocenters. The van der Waals surface area contributed by atoms with Crippen LogP contribution in [0.2, 0.25) is 5.02 Å². The maximum atomic E-state index is 11.9. The summed E-state index contributed by atoms with van der Waals surface area (Å²) in [6.07, 6.45) is 0. The van der Waals surface area contributed by atoms with Gasteiger partial charge in [0, 0.05) is 16.5 Å². The van der Waals surface area contributed by atoms with Gasteiger partial charge in [-0.2, -0.15) is 0 Å². The van der Waals surface area contributed by atoms with Crippen molar-refractivity contribution in [2.75, 3.05) is 18.2 Å². The maximum Gasteiger partial charge on any atom is 0.234 e. The van der Waals surface area contributed by atoms with E-state index in [9.17, 15) is 4.79 Å². The van der Waals surface area contributed by atoms with Crippen LogP contribution in [0.1, 0.15) is 11.1 Å². The molecule has 0 bridgehead atoms. The molecule has 0 spiro atoms. The van der Waals surface area contributed by atoms with Crippen molar-refractivity contribution in [1.82, 2.24) is 0 Å². The Labute approximate surface area is 140 Å². The Morgan fingerprint density at radius 3 is 2.59 bits per heavy atom. The fourth-order valence-corrected chi connectivity index (χ4v) is 2.82. The van der Waals surface area contributed by atoms with E-state index in [1.807, 2.05) is 43.3 Å². The molecule has 0 aliphatic heterocycles. The number of halogens is 1. The van der Waals surface area contributed by atoms with Gasteiger partial charge in [0.2, 0.25) is 5.91 Å². The zero-order chi connectivity index (χ0) is 15.9. The molecule has 116 valence electrons. The number of carbonyl (C=O) groups is 1. The van der Waals surface area contributed by atoms with Crippen LogP contribution >= 0.6 is 23.4 Å². The Morgan fingerprint density at radius 1 is 1.23 bits per heavy atom. The lowest BCUT2D eigenvalue weighted by Gasteiger charge is -2.07. The molecule has 0 saturated carbocycles. The van der Waals surface area contributed by atoms with Crippen LogP contribution in [0.15, 0.2) is 42.5 Å². The topological polar surface area (TPSA) is 38.3 Å². The molecule has 22 heavy (non-hydrogen) atoms. The molecule has 0 aliphatic rings. The summed E-state index contributed by atoms with van der Waals surface area (Å²) in [5.41, 5.74) is 2.89. The number of thioether (sulfide) groups is 1. The molecule has 1 N–H and O–H groups in total. The zero-order valence-corrected chi connectivity index (χ0v) is 14.1. The molecule has 5 heteroatoms. The number of amides is 1. The van der Waals surface area contributed by atoms with E-state index in [0.717, 1.165) is 28.3 Å². The monoisotopic (exact) mass is 335 g/mol. The standard InChI is InChI=1S/C17H18ClNO2S/c1-12-3-6-14(9-16(12)18)19-17(20)11-22-10-13-4-7-15(21-2)8-5-13/h3-9H,10-11H2,1-2H3,(H,19,20). The van der Waals surface area contributed by atoms with E-state index in [1.54, 1.807) is 24.9 Å². The van der Waals surface area contributed by atoms with Crippen LogP contribution in [0, 0.1) is 6.92 Å². The number of anilines is 1. The van der Waals surface area contributed by atoms with Gasteiger partial charge in [-0.15, -0.1) is 11.8 Å². The largest absolute Gasteiger partial charge is 0.497 e. The average Bonchev–Trinajstić information content (AvgIpc) is 2.51. The van der Waals surface area contributed by atoms with Crippen LogP contribution in [0.5, 0.6) is 5.75 Å². The molecule has 0 atom stereocenters. The fraction of sp³-hybridized carbons (Fsp3) is 0.235.